The molecule has 7 nitrogen and oxygen atoms in total. The molecule has 5 aromatic rings. The highest BCUT2D eigenvalue weighted by Gasteiger charge is 2.30. The van der Waals surface area contributed by atoms with Gasteiger partial charge in [0.2, 0.25) is 5.91 Å². The van der Waals surface area contributed by atoms with Crippen molar-refractivity contribution in [1.82, 2.24) is 19.7 Å². The fourth-order valence-corrected chi connectivity index (χ4v) is 4.74. The molecule has 0 aliphatic heterocycles. The van der Waals surface area contributed by atoms with E-state index in [1.54, 1.807) is 0 Å². The molecule has 0 bridgehead atoms. The highest BCUT2D eigenvalue weighted by molar-refractivity contribution is 7.99. The summed E-state index contributed by atoms with van der Waals surface area (Å²) in [5.74, 6) is 0.739. The van der Waals surface area contributed by atoms with Crippen LogP contribution in [0.5, 0.6) is 5.75 Å². The Morgan fingerprint density at radius 1 is 1.05 bits per heavy atom. The Bertz CT molecular complexity index is 1580. The summed E-state index contributed by atoms with van der Waals surface area (Å²) in [5, 5.41) is 12.7. The van der Waals surface area contributed by atoms with Gasteiger partial charge in [0.25, 0.3) is 0 Å². The number of thioether (sulfide) groups is 1. The van der Waals surface area contributed by atoms with E-state index in [4.69, 9.17) is 4.74 Å². The van der Waals surface area contributed by atoms with Crippen molar-refractivity contribution in [3.05, 3.63) is 84.6 Å². The van der Waals surface area contributed by atoms with Crippen molar-refractivity contribution in [1.29, 1.82) is 0 Å². The number of halogens is 3. The van der Waals surface area contributed by atoms with Gasteiger partial charge >= 0.3 is 6.18 Å². The number of hydrogen-bond acceptors (Lipinski definition) is 5. The molecule has 2 heterocycles. The molecule has 0 saturated carbocycles. The molecule has 2 aromatic heterocycles. The minimum Gasteiger partial charge on any atom is -0.494 e. The van der Waals surface area contributed by atoms with E-state index in [1.165, 1.54) is 12.1 Å². The Hall–Kier alpha value is -4.25. The van der Waals surface area contributed by atoms with Gasteiger partial charge in [0, 0.05) is 34.0 Å². The molecular weight excluding hydrogens is 515 g/mol. The quantitative estimate of drug-likeness (QED) is 0.219. The first-order chi connectivity index (χ1) is 18.3. The Balaban J connectivity index is 1.43. The molecule has 5 rings (SSSR count). The molecule has 0 unspecified atom stereocenters. The predicted molar refractivity (Wildman–Crippen MR) is 141 cm³/mol. The summed E-state index contributed by atoms with van der Waals surface area (Å²) in [5.41, 5.74) is 1.78. The zero-order chi connectivity index (χ0) is 26.7. The van der Waals surface area contributed by atoms with Crippen LogP contribution in [0.3, 0.4) is 0 Å². The summed E-state index contributed by atoms with van der Waals surface area (Å²) in [6, 6.07) is 19.8. The number of alkyl halides is 3. The number of aromatic amines is 1. The van der Waals surface area contributed by atoms with Crippen molar-refractivity contribution in [2.75, 3.05) is 17.7 Å². The summed E-state index contributed by atoms with van der Waals surface area (Å²) >= 11 is 1.13. The van der Waals surface area contributed by atoms with Crippen molar-refractivity contribution < 1.29 is 22.7 Å². The minimum atomic E-state index is -4.50. The SMILES string of the molecule is CCOc1ccc(-n2c(SCC(=O)Nc3cccc(C(F)(F)F)c3)nnc2-c2c[nH]c3ccccc23)cc1. The Morgan fingerprint density at radius 2 is 1.84 bits per heavy atom. The fourth-order valence-electron chi connectivity index (χ4n) is 3.99. The van der Waals surface area contributed by atoms with Crippen LogP contribution in [0.25, 0.3) is 28.0 Å². The zero-order valence-corrected chi connectivity index (χ0v) is 20.9. The third kappa shape index (κ3) is 5.37. The number of anilines is 1. The number of H-pyrrole nitrogens is 1. The van der Waals surface area contributed by atoms with Gasteiger partial charge in [0.15, 0.2) is 11.0 Å². The molecule has 0 atom stereocenters. The number of benzene rings is 3. The van der Waals surface area contributed by atoms with Crippen LogP contribution in [0.2, 0.25) is 0 Å². The van der Waals surface area contributed by atoms with Gasteiger partial charge in [0.1, 0.15) is 5.75 Å². The lowest BCUT2D eigenvalue weighted by molar-refractivity contribution is -0.137. The van der Waals surface area contributed by atoms with Gasteiger partial charge in [-0.3, -0.25) is 9.36 Å². The third-order valence-corrected chi connectivity index (χ3v) is 6.60. The second-order valence-corrected chi connectivity index (χ2v) is 9.17. The van der Waals surface area contributed by atoms with Crippen LogP contribution < -0.4 is 10.1 Å². The number of carbonyl (C=O) groups excluding carboxylic acids is 1. The first-order valence-electron chi connectivity index (χ1n) is 11.7. The molecule has 0 fully saturated rings. The highest BCUT2D eigenvalue weighted by Crippen LogP contribution is 2.33. The lowest BCUT2D eigenvalue weighted by Crippen LogP contribution is -2.15. The predicted octanol–water partition coefficient (Wildman–Crippen LogP) is 6.56. The number of aromatic nitrogens is 4. The van der Waals surface area contributed by atoms with Crippen LogP contribution in [0.15, 0.2) is 84.1 Å². The van der Waals surface area contributed by atoms with Crippen LogP contribution in [0.1, 0.15) is 12.5 Å². The summed E-state index contributed by atoms with van der Waals surface area (Å²) in [4.78, 5) is 15.9. The number of amides is 1. The normalized spacial score (nSPS) is 11.6. The van der Waals surface area contributed by atoms with Crippen LogP contribution in [0, 0.1) is 0 Å². The number of ether oxygens (including phenoxy) is 1. The Kier molecular flexibility index (Phi) is 7.10. The maximum absolute atomic E-state index is 13.0. The first-order valence-corrected chi connectivity index (χ1v) is 12.7. The third-order valence-electron chi connectivity index (χ3n) is 5.68. The van der Waals surface area contributed by atoms with Gasteiger partial charge in [-0.05, 0) is 55.5 Å². The summed E-state index contributed by atoms with van der Waals surface area (Å²) < 4.78 is 46.5. The molecule has 3 aromatic carbocycles. The molecule has 0 saturated heterocycles. The largest absolute Gasteiger partial charge is 0.494 e. The average Bonchev–Trinajstić information content (AvgIpc) is 3.52. The number of hydrogen-bond donors (Lipinski definition) is 2. The molecular formula is C27H22F3N5O2S. The van der Waals surface area contributed by atoms with E-state index in [-0.39, 0.29) is 11.4 Å². The lowest BCUT2D eigenvalue weighted by Gasteiger charge is -2.12. The standard InChI is InChI=1S/C27H22F3N5O2S/c1-2-37-20-12-10-19(11-13-20)35-25(22-15-31-23-9-4-3-8-21(22)23)33-34-26(35)38-16-24(36)32-18-7-5-6-17(14-18)27(28,29)30/h3-15,31H,2,16H2,1H3,(H,32,36). The molecule has 11 heteroatoms. The number of carbonyl (C=O) groups is 1. The summed E-state index contributed by atoms with van der Waals surface area (Å²) in [7, 11) is 0. The number of fused-ring (bicyclic) bond motifs is 1. The summed E-state index contributed by atoms with van der Waals surface area (Å²) in [6.07, 6.45) is -2.64. The average molecular weight is 538 g/mol. The van der Waals surface area contributed by atoms with E-state index in [2.05, 4.69) is 20.5 Å². The van der Waals surface area contributed by atoms with E-state index in [9.17, 15) is 18.0 Å². The smallest absolute Gasteiger partial charge is 0.416 e. The highest BCUT2D eigenvalue weighted by atomic mass is 32.2. The van der Waals surface area contributed by atoms with Crippen LogP contribution in [-0.2, 0) is 11.0 Å². The van der Waals surface area contributed by atoms with Crippen molar-refractivity contribution in [2.24, 2.45) is 0 Å². The van der Waals surface area contributed by atoms with Crippen molar-refractivity contribution in [3.63, 3.8) is 0 Å². The fraction of sp³-hybridized carbons (Fsp3) is 0.148. The van der Waals surface area contributed by atoms with Crippen LogP contribution in [-0.4, -0.2) is 38.0 Å². The van der Waals surface area contributed by atoms with E-state index in [1.807, 2.05) is 66.2 Å². The molecule has 0 aliphatic carbocycles. The maximum Gasteiger partial charge on any atom is 0.416 e. The number of nitrogens with zero attached hydrogens (tertiary/aromatic N) is 3. The van der Waals surface area contributed by atoms with Gasteiger partial charge in [0.05, 0.1) is 17.9 Å². The van der Waals surface area contributed by atoms with Gasteiger partial charge in [-0.15, -0.1) is 10.2 Å². The van der Waals surface area contributed by atoms with E-state index < -0.39 is 17.6 Å². The molecule has 0 spiro atoms. The first kappa shape index (κ1) is 25.4. The Labute approximate surface area is 220 Å². The van der Waals surface area contributed by atoms with Gasteiger partial charge in [-0.25, -0.2) is 0 Å². The van der Waals surface area contributed by atoms with E-state index in [0.29, 0.717) is 23.3 Å². The number of para-hydroxylation sites is 1. The van der Waals surface area contributed by atoms with Crippen molar-refractivity contribution in [2.45, 2.75) is 18.3 Å². The maximum atomic E-state index is 13.0. The molecule has 0 radical (unpaired) electrons. The molecule has 194 valence electrons. The van der Waals surface area contributed by atoms with Crippen LogP contribution >= 0.6 is 11.8 Å². The summed E-state index contributed by atoms with van der Waals surface area (Å²) in [6.45, 7) is 2.44. The minimum absolute atomic E-state index is 0.0675. The zero-order valence-electron chi connectivity index (χ0n) is 20.1. The number of rotatable bonds is 8. The van der Waals surface area contributed by atoms with Gasteiger partial charge in [-0.2, -0.15) is 13.2 Å². The second-order valence-electron chi connectivity index (χ2n) is 8.23. The second kappa shape index (κ2) is 10.6. The molecule has 38 heavy (non-hydrogen) atoms. The number of nitrogens with one attached hydrogen (secondary N) is 2. The van der Waals surface area contributed by atoms with E-state index in [0.717, 1.165) is 46.0 Å². The van der Waals surface area contributed by atoms with Crippen LogP contribution in [0.4, 0.5) is 18.9 Å². The van der Waals surface area contributed by atoms with Crippen molar-refractivity contribution >= 4 is 34.3 Å². The Morgan fingerprint density at radius 3 is 2.61 bits per heavy atom. The van der Waals surface area contributed by atoms with Gasteiger partial charge < -0.3 is 15.0 Å². The van der Waals surface area contributed by atoms with Crippen molar-refractivity contribution in [3.8, 4) is 22.8 Å². The molecule has 2 N–H and O–H groups in total. The lowest BCUT2D eigenvalue weighted by atomic mass is 10.1. The topological polar surface area (TPSA) is 84.8 Å². The molecule has 1 amide bonds. The monoisotopic (exact) mass is 537 g/mol. The molecule has 0 aliphatic rings. The van der Waals surface area contributed by atoms with Gasteiger partial charge in [-0.1, -0.05) is 36.0 Å². The van der Waals surface area contributed by atoms with E-state index >= 15 is 0 Å².